The van der Waals surface area contributed by atoms with Crippen molar-refractivity contribution in [3.05, 3.63) is 71.3 Å². The number of ether oxygens (including phenoxy) is 2. The Morgan fingerprint density at radius 3 is 1.94 bits per heavy atom. The van der Waals surface area contributed by atoms with Gasteiger partial charge in [0.05, 0.1) is 33.9 Å². The maximum absolute atomic E-state index is 12.8. The van der Waals surface area contributed by atoms with Crippen molar-refractivity contribution in [2.24, 2.45) is 0 Å². The van der Waals surface area contributed by atoms with Crippen LogP contribution in [0.25, 0.3) is 0 Å². The van der Waals surface area contributed by atoms with Crippen molar-refractivity contribution in [2.45, 2.75) is 188 Å². The predicted octanol–water partition coefficient (Wildman–Crippen LogP) is 12.1. The van der Waals surface area contributed by atoms with Crippen LogP contribution in [0.5, 0.6) is 0 Å². The first-order valence-corrected chi connectivity index (χ1v) is 25.3. The smallest absolute Gasteiger partial charge is 0.466 e. The molecule has 356 valence electrons. The van der Waals surface area contributed by atoms with Gasteiger partial charge < -0.3 is 28.4 Å². The number of furan rings is 1. The molecule has 1 unspecified atom stereocenters. The van der Waals surface area contributed by atoms with Crippen LogP contribution in [0.2, 0.25) is 0 Å². The number of phosphoric acid groups is 1. The van der Waals surface area contributed by atoms with E-state index in [-0.39, 0.29) is 26.1 Å². The third-order valence-electron chi connectivity index (χ3n) is 10.6. The lowest BCUT2D eigenvalue weighted by molar-refractivity contribution is -0.870. The van der Waals surface area contributed by atoms with E-state index in [0.29, 0.717) is 36.7 Å². The van der Waals surface area contributed by atoms with E-state index < -0.39 is 38.6 Å². The van der Waals surface area contributed by atoms with Gasteiger partial charge in [-0.1, -0.05) is 127 Å². The molecule has 0 radical (unpaired) electrons. The minimum Gasteiger partial charge on any atom is -0.466 e. The van der Waals surface area contributed by atoms with Crippen LogP contribution in [0.1, 0.15) is 171 Å². The van der Waals surface area contributed by atoms with E-state index in [0.717, 1.165) is 63.5 Å². The summed E-state index contributed by atoms with van der Waals surface area (Å²) in [6.07, 6.45) is 35.8. The lowest BCUT2D eigenvalue weighted by Crippen LogP contribution is -2.37. The minimum absolute atomic E-state index is 0.00389. The second-order valence-electron chi connectivity index (χ2n) is 17.6. The van der Waals surface area contributed by atoms with Crippen LogP contribution in [-0.4, -0.2) is 86.1 Å². The molecule has 0 aliphatic heterocycles. The first kappa shape index (κ1) is 57.2. The molecule has 12 heteroatoms. The molecule has 0 spiro atoms. The van der Waals surface area contributed by atoms with E-state index in [1.807, 2.05) is 57.6 Å². The molecular weight excluding hydrogens is 806 g/mol. The van der Waals surface area contributed by atoms with Crippen molar-refractivity contribution in [3.63, 3.8) is 0 Å². The molecule has 1 aromatic heterocycles. The maximum Gasteiger partial charge on any atom is 0.472 e. The fraction of sp³-hybridized carbons (Fsp3) is 0.720. The largest absolute Gasteiger partial charge is 0.472 e. The van der Waals surface area contributed by atoms with Gasteiger partial charge in [-0.05, 0) is 82.8 Å². The number of phosphoric ester groups is 1. The number of rotatable bonds is 39. The average Bonchev–Trinajstić information content (AvgIpc) is 3.48. The van der Waals surface area contributed by atoms with Gasteiger partial charge in [0.25, 0.3) is 0 Å². The van der Waals surface area contributed by atoms with E-state index in [1.165, 1.54) is 68.3 Å². The average molecular weight is 893 g/mol. The molecule has 0 amide bonds. The molecule has 0 aromatic carbocycles. The van der Waals surface area contributed by atoms with Crippen LogP contribution in [0, 0.1) is 13.8 Å². The normalized spacial score (nSPS) is 14.4. The molecule has 1 aromatic rings. The lowest BCUT2D eigenvalue weighted by Gasteiger charge is -2.24. The number of aliphatic hydroxyl groups is 1. The summed E-state index contributed by atoms with van der Waals surface area (Å²) in [6.45, 7) is 8.53. The zero-order valence-corrected chi connectivity index (χ0v) is 40.8. The van der Waals surface area contributed by atoms with Gasteiger partial charge >= 0.3 is 19.8 Å². The van der Waals surface area contributed by atoms with Crippen LogP contribution in [0.4, 0.5) is 0 Å². The minimum atomic E-state index is -4.42. The van der Waals surface area contributed by atoms with Crippen molar-refractivity contribution in [2.75, 3.05) is 47.5 Å². The van der Waals surface area contributed by atoms with E-state index in [2.05, 4.69) is 33.8 Å². The van der Waals surface area contributed by atoms with Gasteiger partial charge in [-0.15, -0.1) is 0 Å². The number of aliphatic hydroxyl groups excluding tert-OH is 1. The Kier molecular flexibility index (Phi) is 32.8. The van der Waals surface area contributed by atoms with Gasteiger partial charge in [0.2, 0.25) is 0 Å². The molecule has 0 bridgehead atoms. The summed E-state index contributed by atoms with van der Waals surface area (Å²) in [7, 11) is 1.38. The molecule has 0 fully saturated rings. The summed E-state index contributed by atoms with van der Waals surface area (Å²) >= 11 is 0. The predicted molar refractivity (Wildman–Crippen MR) is 252 cm³/mol. The molecule has 0 aliphatic rings. The van der Waals surface area contributed by atoms with E-state index in [9.17, 15) is 24.2 Å². The molecule has 1 heterocycles. The molecule has 11 nitrogen and oxygen atoms in total. The van der Waals surface area contributed by atoms with Crippen LogP contribution in [-0.2, 0) is 45.5 Å². The van der Waals surface area contributed by atoms with Crippen LogP contribution >= 0.6 is 7.82 Å². The Labute approximate surface area is 376 Å². The van der Waals surface area contributed by atoms with Crippen LogP contribution < -0.4 is 0 Å². The summed E-state index contributed by atoms with van der Waals surface area (Å²) in [5.41, 5.74) is 2.64. The van der Waals surface area contributed by atoms with Gasteiger partial charge in [0.1, 0.15) is 31.3 Å². The van der Waals surface area contributed by atoms with Gasteiger partial charge in [-0.2, -0.15) is 0 Å². The SMILES string of the molecule is CCCCC/C=C\C=C/[C@@H](O)C/C=C\C/C=C/CCCC(=O)OC[C@H](COP(=O)(O)OCC[N+](C)(C)C)OC(=O)CCCCCCCCCCc1oc(CCCCC)c(C)c1C. The van der Waals surface area contributed by atoms with Crippen molar-refractivity contribution in [1.29, 1.82) is 0 Å². The Bertz CT molecular complexity index is 1490. The molecule has 0 aliphatic carbocycles. The molecule has 0 saturated heterocycles. The van der Waals surface area contributed by atoms with Crippen LogP contribution in [0.3, 0.4) is 0 Å². The highest BCUT2D eigenvalue weighted by Crippen LogP contribution is 2.43. The highest BCUT2D eigenvalue weighted by atomic mass is 31.2. The number of carbonyl (C=O) groups is 2. The fourth-order valence-corrected chi connectivity index (χ4v) is 7.30. The number of hydrogen-bond donors (Lipinski definition) is 2. The number of esters is 2. The quantitative estimate of drug-likeness (QED) is 0.0164. The number of carbonyl (C=O) groups excluding carboxylic acids is 2. The third kappa shape index (κ3) is 32.0. The molecule has 0 saturated carbocycles. The first-order valence-electron chi connectivity index (χ1n) is 23.8. The van der Waals surface area contributed by atoms with E-state index in [4.69, 9.17) is 22.9 Å². The maximum atomic E-state index is 12.8. The monoisotopic (exact) mass is 893 g/mol. The van der Waals surface area contributed by atoms with Gasteiger partial charge in [-0.3, -0.25) is 18.6 Å². The molecule has 62 heavy (non-hydrogen) atoms. The number of quaternary nitrogens is 1. The van der Waals surface area contributed by atoms with Gasteiger partial charge in [0, 0.05) is 25.7 Å². The Balaban J connectivity index is 2.40. The van der Waals surface area contributed by atoms with Gasteiger partial charge in [0.15, 0.2) is 6.10 Å². The highest BCUT2D eigenvalue weighted by molar-refractivity contribution is 7.47. The number of aryl methyl sites for hydroxylation is 2. The van der Waals surface area contributed by atoms with Crippen molar-refractivity contribution < 1.29 is 51.6 Å². The molecule has 3 atom stereocenters. The van der Waals surface area contributed by atoms with Crippen molar-refractivity contribution in [3.8, 4) is 0 Å². The first-order chi connectivity index (χ1) is 29.7. The molecular formula is C50H87NO10P+. The summed E-state index contributed by atoms with van der Waals surface area (Å²) in [6, 6.07) is 0. The second-order valence-corrected chi connectivity index (χ2v) is 19.0. The highest BCUT2D eigenvalue weighted by Gasteiger charge is 2.27. The van der Waals surface area contributed by atoms with E-state index in [1.54, 1.807) is 6.08 Å². The second kappa shape index (κ2) is 35.5. The number of unbranched alkanes of at least 4 members (excludes halogenated alkanes) is 13. The van der Waals surface area contributed by atoms with Crippen molar-refractivity contribution in [1.82, 2.24) is 0 Å². The molecule has 1 rings (SSSR count). The number of allylic oxidation sites excluding steroid dienone is 6. The number of likely N-dealkylation sites (N-methyl/N-ethyl adjacent to an activating group) is 1. The topological polar surface area (TPSA) is 142 Å². The summed E-state index contributed by atoms with van der Waals surface area (Å²) < 4.78 is 40.6. The van der Waals surface area contributed by atoms with E-state index >= 15 is 0 Å². The third-order valence-corrected chi connectivity index (χ3v) is 11.6. The Hall–Kier alpha value is -2.79. The Morgan fingerprint density at radius 1 is 0.694 bits per heavy atom. The summed E-state index contributed by atoms with van der Waals surface area (Å²) in [5, 5.41) is 10.1. The molecule has 2 N–H and O–H groups in total. The zero-order valence-electron chi connectivity index (χ0n) is 39.9. The number of hydrogen-bond acceptors (Lipinski definition) is 9. The zero-order chi connectivity index (χ0) is 45.9. The lowest BCUT2D eigenvalue weighted by atomic mass is 10.0. The number of nitrogens with zero attached hydrogens (tertiary/aromatic N) is 1. The van der Waals surface area contributed by atoms with Crippen LogP contribution in [0.15, 0.2) is 53.0 Å². The standard InChI is InChI=1S/C50H86NO10P/c1-8-10-12-13-17-22-28-33-45(52)34-29-23-18-16-21-25-31-37-49(53)57-41-46(42-59-62(55,56)58-40-39-51(5,6)7)60-50(54)38-32-26-20-15-14-19-24-30-36-48-44(4)43(3)47(61-48)35-27-11-9-2/h16-17,21-23,28-29,33,45-46,52H,8-15,18-20,24-27,30-32,34-42H2,1-7H3/p+1/b21-16+,22-17-,29-23-,33-28-/t45-,46-/m1/s1. The van der Waals surface area contributed by atoms with Crippen molar-refractivity contribution >= 4 is 19.8 Å². The van der Waals surface area contributed by atoms with Gasteiger partial charge in [-0.25, -0.2) is 4.57 Å². The fourth-order valence-electron chi connectivity index (χ4n) is 6.56. The summed E-state index contributed by atoms with van der Waals surface area (Å²) in [4.78, 5) is 35.5. The summed E-state index contributed by atoms with van der Waals surface area (Å²) in [5.74, 6) is 1.39. The Morgan fingerprint density at radius 2 is 1.27 bits per heavy atom.